The molecule has 1 fully saturated rings. The number of carbonyl (C=O) groups is 1. The van der Waals surface area contributed by atoms with Crippen LogP contribution in [-0.4, -0.2) is 43.7 Å². The summed E-state index contributed by atoms with van der Waals surface area (Å²) in [5.41, 5.74) is 0. The molecule has 0 bridgehead atoms. The van der Waals surface area contributed by atoms with Gasteiger partial charge in [0.15, 0.2) is 5.13 Å². The van der Waals surface area contributed by atoms with Crippen LogP contribution >= 0.6 is 11.3 Å². The third-order valence-electron chi connectivity index (χ3n) is 4.15. The molecule has 23 heavy (non-hydrogen) atoms. The molecule has 8 heteroatoms. The van der Waals surface area contributed by atoms with Crippen molar-refractivity contribution < 1.29 is 9.90 Å². The molecule has 1 aliphatic heterocycles. The van der Waals surface area contributed by atoms with Crippen molar-refractivity contribution in [2.45, 2.75) is 25.9 Å². The number of anilines is 1. The minimum atomic E-state index is -0.660. The molecule has 2 amide bonds. The molecule has 0 spiro atoms. The number of aliphatic hydroxyl groups excluding tert-OH is 1. The summed E-state index contributed by atoms with van der Waals surface area (Å²) in [5, 5.41) is 14.0. The lowest BCUT2D eigenvalue weighted by atomic mass is 9.92. The molecular formula is C15H21N5O2S. The second-order valence-electron chi connectivity index (χ2n) is 5.90. The third-order valence-corrected chi connectivity index (χ3v) is 4.98. The molecule has 0 aromatic carbocycles. The number of nitrogens with zero attached hydrogens (tertiary/aromatic N) is 4. The largest absolute Gasteiger partial charge is 0.385 e. The van der Waals surface area contributed by atoms with Crippen LogP contribution in [0.1, 0.15) is 29.6 Å². The zero-order chi connectivity index (χ0) is 16.4. The Balaban J connectivity index is 1.63. The normalized spacial score (nSPS) is 19.6. The Labute approximate surface area is 139 Å². The van der Waals surface area contributed by atoms with Crippen molar-refractivity contribution in [2.24, 2.45) is 13.0 Å². The maximum atomic E-state index is 12.4. The van der Waals surface area contributed by atoms with E-state index in [1.54, 1.807) is 17.3 Å². The van der Waals surface area contributed by atoms with Gasteiger partial charge in [-0.3, -0.25) is 5.32 Å². The number of urea groups is 1. The Hall–Kier alpha value is -1.93. The molecular weight excluding hydrogens is 314 g/mol. The van der Waals surface area contributed by atoms with Gasteiger partial charge in [-0.15, -0.1) is 11.3 Å². The van der Waals surface area contributed by atoms with Crippen LogP contribution in [0.5, 0.6) is 0 Å². The van der Waals surface area contributed by atoms with Gasteiger partial charge in [-0.1, -0.05) is 0 Å². The molecule has 0 saturated carbocycles. The van der Waals surface area contributed by atoms with Gasteiger partial charge in [-0.25, -0.2) is 14.8 Å². The molecule has 2 aromatic rings. The van der Waals surface area contributed by atoms with E-state index in [-0.39, 0.29) is 11.9 Å². The fourth-order valence-electron chi connectivity index (χ4n) is 2.91. The van der Waals surface area contributed by atoms with E-state index in [1.165, 1.54) is 11.3 Å². The van der Waals surface area contributed by atoms with Crippen molar-refractivity contribution >= 4 is 22.5 Å². The van der Waals surface area contributed by atoms with Gasteiger partial charge >= 0.3 is 6.03 Å². The number of piperidine rings is 1. The summed E-state index contributed by atoms with van der Waals surface area (Å²) in [5.74, 6) is 0.640. The number of hydrogen-bond acceptors (Lipinski definition) is 5. The van der Waals surface area contributed by atoms with Crippen molar-refractivity contribution in [3.8, 4) is 0 Å². The van der Waals surface area contributed by atoms with Crippen LogP contribution in [0.25, 0.3) is 0 Å². The molecule has 1 aliphatic rings. The molecule has 7 nitrogen and oxygen atoms in total. The summed E-state index contributed by atoms with van der Waals surface area (Å²) in [4.78, 5) is 23.6. The van der Waals surface area contributed by atoms with Crippen LogP contribution in [-0.2, 0) is 7.05 Å². The van der Waals surface area contributed by atoms with Crippen molar-refractivity contribution in [3.63, 3.8) is 0 Å². The molecule has 2 aromatic heterocycles. The highest BCUT2D eigenvalue weighted by molar-refractivity contribution is 7.15. The molecule has 0 aliphatic carbocycles. The number of hydrogen-bond donors (Lipinski definition) is 2. The predicted octanol–water partition coefficient (Wildman–Crippen LogP) is 2.16. The molecule has 2 atom stereocenters. The fourth-order valence-corrected chi connectivity index (χ4v) is 3.56. The minimum absolute atomic E-state index is 0.00590. The number of rotatable bonds is 3. The van der Waals surface area contributed by atoms with E-state index in [0.717, 1.165) is 17.7 Å². The second kappa shape index (κ2) is 6.67. The summed E-state index contributed by atoms with van der Waals surface area (Å²) in [7, 11) is 1.86. The topological polar surface area (TPSA) is 83.3 Å². The number of nitrogens with one attached hydrogen (secondary N) is 1. The SMILES string of the molecule is Cc1cnc(NC(=O)N2CCC[C@H]([C@@H](O)c3nccn3C)C2)s1. The lowest BCUT2D eigenvalue weighted by Gasteiger charge is -2.34. The molecule has 2 N–H and O–H groups in total. The highest BCUT2D eigenvalue weighted by Gasteiger charge is 2.31. The van der Waals surface area contributed by atoms with Gasteiger partial charge in [-0.2, -0.15) is 0 Å². The van der Waals surface area contributed by atoms with Crippen molar-refractivity contribution in [1.29, 1.82) is 0 Å². The molecule has 0 radical (unpaired) electrons. The number of thiazole rings is 1. The maximum absolute atomic E-state index is 12.4. The average Bonchev–Trinajstić information content (AvgIpc) is 3.15. The predicted molar refractivity (Wildman–Crippen MR) is 88.3 cm³/mol. The maximum Gasteiger partial charge on any atom is 0.323 e. The van der Waals surface area contributed by atoms with Gasteiger partial charge in [0, 0.05) is 49.5 Å². The number of amides is 2. The van der Waals surface area contributed by atoms with Gasteiger partial charge in [-0.05, 0) is 19.8 Å². The second-order valence-corrected chi connectivity index (χ2v) is 7.13. The summed E-state index contributed by atoms with van der Waals surface area (Å²) in [6, 6.07) is -0.156. The Bertz CT molecular complexity index is 683. The summed E-state index contributed by atoms with van der Waals surface area (Å²) >= 11 is 1.45. The summed E-state index contributed by atoms with van der Waals surface area (Å²) < 4.78 is 1.82. The highest BCUT2D eigenvalue weighted by Crippen LogP contribution is 2.29. The van der Waals surface area contributed by atoms with Crippen LogP contribution in [0.15, 0.2) is 18.6 Å². The lowest BCUT2D eigenvalue weighted by molar-refractivity contribution is 0.0552. The monoisotopic (exact) mass is 335 g/mol. The van der Waals surface area contributed by atoms with E-state index in [0.29, 0.717) is 24.0 Å². The van der Waals surface area contributed by atoms with Gasteiger partial charge in [0.05, 0.1) is 0 Å². The van der Waals surface area contributed by atoms with Crippen LogP contribution in [0.3, 0.4) is 0 Å². The summed E-state index contributed by atoms with van der Waals surface area (Å²) in [6.45, 7) is 3.16. The van der Waals surface area contributed by atoms with Crippen LogP contribution in [0.4, 0.5) is 9.93 Å². The summed E-state index contributed by atoms with van der Waals surface area (Å²) in [6.07, 6.45) is 6.33. The van der Waals surface area contributed by atoms with E-state index in [9.17, 15) is 9.90 Å². The molecule has 3 heterocycles. The van der Waals surface area contributed by atoms with Gasteiger partial charge < -0.3 is 14.6 Å². The van der Waals surface area contributed by atoms with E-state index in [2.05, 4.69) is 15.3 Å². The molecule has 0 unspecified atom stereocenters. The number of aliphatic hydroxyl groups is 1. The van der Waals surface area contributed by atoms with Crippen molar-refractivity contribution in [1.82, 2.24) is 19.4 Å². The Kier molecular flexibility index (Phi) is 4.63. The lowest BCUT2D eigenvalue weighted by Crippen LogP contribution is -2.44. The Morgan fingerprint density at radius 3 is 3.00 bits per heavy atom. The first-order chi connectivity index (χ1) is 11.0. The number of likely N-dealkylation sites (tertiary alicyclic amines) is 1. The van der Waals surface area contributed by atoms with Gasteiger partial charge in [0.2, 0.25) is 0 Å². The van der Waals surface area contributed by atoms with Crippen molar-refractivity contribution in [2.75, 3.05) is 18.4 Å². The number of imidazole rings is 1. The van der Waals surface area contributed by atoms with E-state index < -0.39 is 6.10 Å². The van der Waals surface area contributed by atoms with Crippen molar-refractivity contribution in [3.05, 3.63) is 29.3 Å². The Morgan fingerprint density at radius 2 is 2.35 bits per heavy atom. The van der Waals surface area contributed by atoms with E-state index in [4.69, 9.17) is 0 Å². The smallest absolute Gasteiger partial charge is 0.323 e. The van der Waals surface area contributed by atoms with E-state index >= 15 is 0 Å². The van der Waals surface area contributed by atoms with E-state index in [1.807, 2.05) is 24.7 Å². The standard InChI is InChI=1S/C15H21N5O2S/c1-10-8-17-14(23-10)18-15(22)20-6-3-4-11(9-20)12(21)13-16-5-7-19(13)2/h5,7-8,11-12,21H,3-4,6,9H2,1-2H3,(H,17,18,22)/t11-,12+/m0/s1. The molecule has 124 valence electrons. The zero-order valence-electron chi connectivity index (χ0n) is 13.3. The van der Waals surface area contributed by atoms with Crippen LogP contribution in [0, 0.1) is 12.8 Å². The fraction of sp³-hybridized carbons (Fsp3) is 0.533. The Morgan fingerprint density at radius 1 is 1.52 bits per heavy atom. The highest BCUT2D eigenvalue weighted by atomic mass is 32.1. The minimum Gasteiger partial charge on any atom is -0.385 e. The molecule has 1 saturated heterocycles. The average molecular weight is 335 g/mol. The third kappa shape index (κ3) is 3.53. The first kappa shape index (κ1) is 15.9. The van der Waals surface area contributed by atoms with Crippen LogP contribution < -0.4 is 5.32 Å². The first-order valence-electron chi connectivity index (χ1n) is 7.68. The first-order valence-corrected chi connectivity index (χ1v) is 8.50. The van der Waals surface area contributed by atoms with Crippen LogP contribution in [0.2, 0.25) is 0 Å². The number of aryl methyl sites for hydroxylation is 2. The zero-order valence-corrected chi connectivity index (χ0v) is 14.1. The quantitative estimate of drug-likeness (QED) is 0.900. The number of carbonyl (C=O) groups excluding carboxylic acids is 1. The van der Waals surface area contributed by atoms with Gasteiger partial charge in [0.25, 0.3) is 0 Å². The molecule has 3 rings (SSSR count). The number of aromatic nitrogens is 3. The van der Waals surface area contributed by atoms with Gasteiger partial charge in [0.1, 0.15) is 11.9 Å².